The third-order valence-electron chi connectivity index (χ3n) is 1.56. The molecule has 0 radical (unpaired) electrons. The molecule has 0 nitrogen and oxygen atoms in total. The Kier molecular flexibility index (Phi) is 2.77. The van der Waals surface area contributed by atoms with E-state index < -0.39 is 12.2 Å². The second-order valence-corrected chi connectivity index (χ2v) is 3.26. The molecular weight excluding hydrogens is 233 g/mol. The summed E-state index contributed by atoms with van der Waals surface area (Å²) in [5.41, 5.74) is 0.0457. The number of hydrogen-bond donors (Lipinski definition) is 0. The highest BCUT2D eigenvalue weighted by molar-refractivity contribution is 9.10. The zero-order valence-electron chi connectivity index (χ0n) is 6.24. The lowest BCUT2D eigenvalue weighted by atomic mass is 10.1. The van der Waals surface area contributed by atoms with Crippen LogP contribution in [0.3, 0.4) is 0 Å². The van der Waals surface area contributed by atoms with Crippen LogP contribution in [-0.2, 0) is 0 Å². The summed E-state index contributed by atoms with van der Waals surface area (Å²) in [5, 5.41) is 0. The van der Waals surface area contributed by atoms with E-state index in [0.717, 1.165) is 6.07 Å². The molecule has 12 heavy (non-hydrogen) atoms. The van der Waals surface area contributed by atoms with Gasteiger partial charge in [-0.3, -0.25) is 0 Å². The highest BCUT2D eigenvalue weighted by Gasteiger charge is 2.11. The molecule has 66 valence electrons. The molecule has 4 heteroatoms. The third kappa shape index (κ3) is 1.80. The van der Waals surface area contributed by atoms with E-state index in [1.54, 1.807) is 0 Å². The van der Waals surface area contributed by atoms with E-state index in [9.17, 15) is 13.2 Å². The minimum absolute atomic E-state index is 0.301. The quantitative estimate of drug-likeness (QED) is 0.698. The van der Waals surface area contributed by atoms with E-state index in [-0.39, 0.29) is 5.56 Å². The molecule has 0 unspecified atom stereocenters. The van der Waals surface area contributed by atoms with Crippen LogP contribution in [0.5, 0.6) is 0 Å². The molecule has 0 atom stereocenters. The Bertz CT molecular complexity index is 273. The number of alkyl halides is 2. The van der Waals surface area contributed by atoms with Crippen molar-refractivity contribution in [2.45, 2.75) is 13.3 Å². The van der Waals surface area contributed by atoms with Crippen LogP contribution in [0.25, 0.3) is 0 Å². The van der Waals surface area contributed by atoms with Gasteiger partial charge in [0, 0.05) is 10.0 Å². The first kappa shape index (κ1) is 9.58. The highest BCUT2D eigenvalue weighted by Crippen LogP contribution is 2.26. The molecule has 0 aromatic heterocycles. The average Bonchev–Trinajstić information content (AvgIpc) is 1.99. The van der Waals surface area contributed by atoms with Gasteiger partial charge in [-0.2, -0.15) is 0 Å². The molecular formula is C8H6BrF3. The highest BCUT2D eigenvalue weighted by atomic mass is 79.9. The summed E-state index contributed by atoms with van der Waals surface area (Å²) in [6, 6.07) is 2.08. The summed E-state index contributed by atoms with van der Waals surface area (Å²) < 4.78 is 37.4. The molecule has 0 spiro atoms. The molecule has 0 amide bonds. The van der Waals surface area contributed by atoms with Crippen LogP contribution >= 0.6 is 15.9 Å². The number of rotatable bonds is 1. The summed E-state index contributed by atoms with van der Waals surface area (Å²) >= 11 is 2.99. The van der Waals surface area contributed by atoms with Crippen molar-refractivity contribution in [2.24, 2.45) is 0 Å². The Hall–Kier alpha value is -0.510. The fourth-order valence-corrected chi connectivity index (χ4v) is 1.24. The normalized spacial score (nSPS) is 10.8. The summed E-state index contributed by atoms with van der Waals surface area (Å²) in [6.45, 7) is 1.52. The largest absolute Gasteiger partial charge is 0.263 e. The predicted molar refractivity (Wildman–Crippen MR) is 43.8 cm³/mol. The molecule has 1 aromatic carbocycles. The second-order valence-electron chi connectivity index (χ2n) is 2.41. The fraction of sp³-hybridized carbons (Fsp3) is 0.250. The Balaban J connectivity index is 3.21. The van der Waals surface area contributed by atoms with Crippen molar-refractivity contribution in [3.8, 4) is 0 Å². The van der Waals surface area contributed by atoms with Gasteiger partial charge < -0.3 is 0 Å². The first-order valence-electron chi connectivity index (χ1n) is 3.26. The van der Waals surface area contributed by atoms with Gasteiger partial charge in [-0.25, -0.2) is 13.2 Å². The molecule has 1 rings (SSSR count). The van der Waals surface area contributed by atoms with Gasteiger partial charge in [0.1, 0.15) is 5.82 Å². The molecule has 0 fully saturated rings. The van der Waals surface area contributed by atoms with Crippen molar-refractivity contribution in [1.29, 1.82) is 0 Å². The molecule has 0 aliphatic heterocycles. The van der Waals surface area contributed by atoms with Gasteiger partial charge in [0.2, 0.25) is 0 Å². The lowest BCUT2D eigenvalue weighted by Gasteiger charge is -2.04. The maximum atomic E-state index is 12.8. The first-order chi connectivity index (χ1) is 5.52. The lowest BCUT2D eigenvalue weighted by molar-refractivity contribution is 0.151. The zero-order valence-corrected chi connectivity index (χ0v) is 7.83. The number of halogens is 4. The summed E-state index contributed by atoms with van der Waals surface area (Å²) in [7, 11) is 0. The Labute approximate surface area is 76.5 Å². The van der Waals surface area contributed by atoms with E-state index in [1.807, 2.05) is 0 Å². The summed E-state index contributed by atoms with van der Waals surface area (Å²) in [4.78, 5) is 0. The van der Waals surface area contributed by atoms with Crippen LogP contribution in [0, 0.1) is 12.7 Å². The van der Waals surface area contributed by atoms with E-state index in [2.05, 4.69) is 15.9 Å². The first-order valence-corrected chi connectivity index (χ1v) is 4.05. The lowest BCUT2D eigenvalue weighted by Crippen LogP contribution is -1.90. The summed E-state index contributed by atoms with van der Waals surface area (Å²) in [6.07, 6.45) is -2.63. The van der Waals surface area contributed by atoms with Crippen LogP contribution < -0.4 is 0 Å². The molecule has 0 aliphatic rings. The smallest absolute Gasteiger partial charge is 0.207 e. The zero-order chi connectivity index (χ0) is 9.30. The van der Waals surface area contributed by atoms with Crippen molar-refractivity contribution >= 4 is 15.9 Å². The van der Waals surface area contributed by atoms with Gasteiger partial charge in [-0.15, -0.1) is 0 Å². The van der Waals surface area contributed by atoms with E-state index in [0.29, 0.717) is 10.0 Å². The van der Waals surface area contributed by atoms with Crippen LogP contribution in [0.2, 0.25) is 0 Å². The van der Waals surface area contributed by atoms with E-state index in [1.165, 1.54) is 13.0 Å². The van der Waals surface area contributed by atoms with Gasteiger partial charge in [-0.05, 0) is 24.6 Å². The number of benzene rings is 1. The SMILES string of the molecule is Cc1c(F)cc(C(F)F)cc1Br. The van der Waals surface area contributed by atoms with Crippen LogP contribution in [0.15, 0.2) is 16.6 Å². The Morgan fingerprint density at radius 3 is 2.33 bits per heavy atom. The van der Waals surface area contributed by atoms with Gasteiger partial charge in [0.15, 0.2) is 0 Å². The monoisotopic (exact) mass is 238 g/mol. The average molecular weight is 239 g/mol. The number of hydrogen-bond acceptors (Lipinski definition) is 0. The minimum Gasteiger partial charge on any atom is -0.207 e. The predicted octanol–water partition coefficient (Wildman–Crippen LogP) is 3.83. The molecule has 0 N–H and O–H groups in total. The van der Waals surface area contributed by atoms with E-state index >= 15 is 0 Å². The Morgan fingerprint density at radius 2 is 1.92 bits per heavy atom. The fourth-order valence-electron chi connectivity index (χ4n) is 0.791. The molecule has 0 heterocycles. The second kappa shape index (κ2) is 3.47. The third-order valence-corrected chi connectivity index (χ3v) is 2.38. The van der Waals surface area contributed by atoms with Gasteiger partial charge >= 0.3 is 0 Å². The van der Waals surface area contributed by atoms with Gasteiger partial charge in [0.25, 0.3) is 6.43 Å². The van der Waals surface area contributed by atoms with Crippen molar-refractivity contribution in [3.63, 3.8) is 0 Å². The van der Waals surface area contributed by atoms with Crippen molar-refractivity contribution in [2.75, 3.05) is 0 Å². The van der Waals surface area contributed by atoms with Crippen molar-refractivity contribution < 1.29 is 13.2 Å². The van der Waals surface area contributed by atoms with E-state index in [4.69, 9.17) is 0 Å². The molecule has 0 aliphatic carbocycles. The maximum absolute atomic E-state index is 12.8. The van der Waals surface area contributed by atoms with Crippen LogP contribution in [0.4, 0.5) is 13.2 Å². The van der Waals surface area contributed by atoms with Gasteiger partial charge in [0.05, 0.1) is 0 Å². The molecule has 0 saturated carbocycles. The Morgan fingerprint density at radius 1 is 1.33 bits per heavy atom. The molecule has 1 aromatic rings. The van der Waals surface area contributed by atoms with Crippen LogP contribution in [-0.4, -0.2) is 0 Å². The molecule has 0 saturated heterocycles. The van der Waals surface area contributed by atoms with Crippen molar-refractivity contribution in [3.05, 3.63) is 33.5 Å². The van der Waals surface area contributed by atoms with Crippen molar-refractivity contribution in [1.82, 2.24) is 0 Å². The maximum Gasteiger partial charge on any atom is 0.263 e. The topological polar surface area (TPSA) is 0 Å². The standard InChI is InChI=1S/C8H6BrF3/c1-4-6(9)2-5(8(11)12)3-7(4)10/h2-3,8H,1H3. The summed E-state index contributed by atoms with van der Waals surface area (Å²) in [5.74, 6) is -0.611. The van der Waals surface area contributed by atoms with Crippen LogP contribution in [0.1, 0.15) is 17.6 Å². The van der Waals surface area contributed by atoms with Gasteiger partial charge in [-0.1, -0.05) is 15.9 Å². The molecule has 0 bridgehead atoms. The minimum atomic E-state index is -2.63.